The molecule has 0 radical (unpaired) electrons. The highest BCUT2D eigenvalue weighted by Crippen LogP contribution is 2.18. The van der Waals surface area contributed by atoms with Gasteiger partial charge < -0.3 is 20.4 Å². The molecule has 8 nitrogen and oxygen atoms in total. The van der Waals surface area contributed by atoms with Gasteiger partial charge in [0.2, 0.25) is 12.8 Å². The molecule has 1 saturated heterocycles. The second-order valence-electron chi connectivity index (χ2n) is 2.76. The molecule has 0 unspecified atom stereocenters. The monoisotopic (exact) mass is 206 g/mol. The van der Waals surface area contributed by atoms with E-state index in [1.807, 2.05) is 0 Å². The number of nitrogens with zero attached hydrogens (tertiary/aromatic N) is 2. The van der Waals surface area contributed by atoms with Gasteiger partial charge in [-0.2, -0.15) is 0 Å². The lowest BCUT2D eigenvalue weighted by Crippen LogP contribution is -2.67. The molecule has 0 bridgehead atoms. The predicted molar refractivity (Wildman–Crippen MR) is 39.8 cm³/mol. The second-order valence-corrected chi connectivity index (χ2v) is 2.76. The average molecular weight is 206 g/mol. The molecule has 4 atom stereocenters. The van der Waals surface area contributed by atoms with E-state index in [1.54, 1.807) is 0 Å². The number of piperazine rings is 1. The second kappa shape index (κ2) is 3.88. The van der Waals surface area contributed by atoms with Gasteiger partial charge in [-0.3, -0.25) is 19.4 Å². The highest BCUT2D eigenvalue weighted by molar-refractivity contribution is 5.52. The van der Waals surface area contributed by atoms with Gasteiger partial charge in [0.15, 0.2) is 24.9 Å². The molecule has 1 heterocycles. The van der Waals surface area contributed by atoms with E-state index in [9.17, 15) is 30.0 Å². The van der Waals surface area contributed by atoms with Crippen LogP contribution in [0.3, 0.4) is 0 Å². The highest BCUT2D eigenvalue weighted by atomic mass is 16.4. The van der Waals surface area contributed by atoms with Gasteiger partial charge in [0.25, 0.3) is 0 Å². The molecule has 0 aromatic carbocycles. The van der Waals surface area contributed by atoms with Crippen molar-refractivity contribution in [3.8, 4) is 0 Å². The van der Waals surface area contributed by atoms with Crippen molar-refractivity contribution in [1.82, 2.24) is 9.80 Å². The number of rotatable bonds is 2. The van der Waals surface area contributed by atoms with Crippen LogP contribution in [0, 0.1) is 0 Å². The van der Waals surface area contributed by atoms with Crippen molar-refractivity contribution in [2.45, 2.75) is 24.9 Å². The number of hydrogen-bond acceptors (Lipinski definition) is 6. The predicted octanol–water partition coefficient (Wildman–Crippen LogP) is -3.81. The van der Waals surface area contributed by atoms with Crippen LogP contribution in [0.25, 0.3) is 0 Å². The zero-order valence-electron chi connectivity index (χ0n) is 6.96. The molecule has 0 aromatic rings. The molecule has 14 heavy (non-hydrogen) atoms. The molecule has 1 aliphatic heterocycles. The van der Waals surface area contributed by atoms with Gasteiger partial charge in [-0.25, -0.2) is 0 Å². The first-order valence-corrected chi connectivity index (χ1v) is 3.72. The van der Waals surface area contributed by atoms with Crippen molar-refractivity contribution in [2.75, 3.05) is 0 Å². The van der Waals surface area contributed by atoms with E-state index >= 15 is 0 Å². The van der Waals surface area contributed by atoms with Crippen molar-refractivity contribution in [3.63, 3.8) is 0 Å². The largest absolute Gasteiger partial charge is 0.369 e. The molecule has 4 N–H and O–H groups in total. The lowest BCUT2D eigenvalue weighted by Gasteiger charge is -2.45. The van der Waals surface area contributed by atoms with Crippen LogP contribution < -0.4 is 0 Å². The van der Waals surface area contributed by atoms with Crippen molar-refractivity contribution in [1.29, 1.82) is 0 Å². The van der Waals surface area contributed by atoms with E-state index in [1.165, 1.54) is 0 Å². The zero-order chi connectivity index (χ0) is 10.9. The summed E-state index contributed by atoms with van der Waals surface area (Å²) in [5, 5.41) is 36.8. The number of hydrogen-bond donors (Lipinski definition) is 4. The fraction of sp³-hybridized carbons (Fsp3) is 0.667. The number of carbonyl (C=O) groups excluding carboxylic acids is 2. The fourth-order valence-corrected chi connectivity index (χ4v) is 1.18. The molecule has 80 valence electrons. The van der Waals surface area contributed by atoms with Crippen LogP contribution in [0.1, 0.15) is 0 Å². The summed E-state index contributed by atoms with van der Waals surface area (Å²) in [6, 6.07) is 0. The molecule has 0 aliphatic carbocycles. The molecular weight excluding hydrogens is 196 g/mol. The van der Waals surface area contributed by atoms with E-state index < -0.39 is 24.9 Å². The Morgan fingerprint density at radius 1 is 0.714 bits per heavy atom. The fourth-order valence-electron chi connectivity index (χ4n) is 1.18. The summed E-state index contributed by atoms with van der Waals surface area (Å²) in [5.41, 5.74) is 0. The SMILES string of the molecule is O=CN1[C@H](O)[C@@H](O)N(C=O)[C@@H](O)[C@@H]1O. The van der Waals surface area contributed by atoms with E-state index in [0.29, 0.717) is 9.80 Å². The van der Waals surface area contributed by atoms with Crippen LogP contribution in [0.5, 0.6) is 0 Å². The smallest absolute Gasteiger partial charge is 0.214 e. The Balaban J connectivity index is 2.92. The Bertz CT molecular complexity index is 196. The standard InChI is InChI=1S/C6H10N2O6/c9-1-7-3(11)5(13)8(2-10)6(14)4(7)12/h1-6,11-14H/t3-,4+,5-,6+. The maximum Gasteiger partial charge on any atom is 0.214 e. The third-order valence-corrected chi connectivity index (χ3v) is 2.00. The minimum absolute atomic E-state index is 0.0594. The van der Waals surface area contributed by atoms with Gasteiger partial charge in [0.05, 0.1) is 0 Å². The maximum absolute atomic E-state index is 10.3. The van der Waals surface area contributed by atoms with Crippen LogP contribution in [0.4, 0.5) is 0 Å². The number of aliphatic hydroxyl groups is 4. The summed E-state index contributed by atoms with van der Waals surface area (Å²) >= 11 is 0. The summed E-state index contributed by atoms with van der Waals surface area (Å²) in [5.74, 6) is 0. The third kappa shape index (κ3) is 1.44. The molecule has 0 spiro atoms. The Labute approximate surface area is 78.6 Å². The first kappa shape index (κ1) is 10.9. The molecule has 1 rings (SSSR count). The highest BCUT2D eigenvalue weighted by Gasteiger charge is 2.44. The normalized spacial score (nSPS) is 38.3. The van der Waals surface area contributed by atoms with Crippen molar-refractivity contribution in [2.24, 2.45) is 0 Å². The molecule has 1 aliphatic rings. The maximum atomic E-state index is 10.3. The number of carbonyl (C=O) groups is 2. The topological polar surface area (TPSA) is 122 Å². The van der Waals surface area contributed by atoms with Crippen LogP contribution >= 0.6 is 0 Å². The van der Waals surface area contributed by atoms with E-state index in [-0.39, 0.29) is 12.8 Å². The number of amides is 2. The quantitative estimate of drug-likeness (QED) is 0.344. The van der Waals surface area contributed by atoms with Crippen molar-refractivity contribution >= 4 is 12.8 Å². The lowest BCUT2D eigenvalue weighted by atomic mass is 10.2. The first-order valence-electron chi connectivity index (χ1n) is 3.72. The van der Waals surface area contributed by atoms with Gasteiger partial charge in [0, 0.05) is 0 Å². The summed E-state index contributed by atoms with van der Waals surface area (Å²) in [6.07, 6.45) is -6.95. The molecule has 0 aromatic heterocycles. The molecular formula is C6H10N2O6. The van der Waals surface area contributed by atoms with E-state index in [0.717, 1.165) is 0 Å². The Morgan fingerprint density at radius 3 is 1.07 bits per heavy atom. The minimum Gasteiger partial charge on any atom is -0.369 e. The Kier molecular flexibility index (Phi) is 3.01. The van der Waals surface area contributed by atoms with Crippen LogP contribution in [0.15, 0.2) is 0 Å². The van der Waals surface area contributed by atoms with E-state index in [4.69, 9.17) is 0 Å². The van der Waals surface area contributed by atoms with Crippen LogP contribution in [-0.2, 0) is 9.59 Å². The van der Waals surface area contributed by atoms with Crippen molar-refractivity contribution in [3.05, 3.63) is 0 Å². The van der Waals surface area contributed by atoms with Crippen molar-refractivity contribution < 1.29 is 30.0 Å². The van der Waals surface area contributed by atoms with E-state index in [2.05, 4.69) is 0 Å². The Hall–Kier alpha value is -1.22. The van der Waals surface area contributed by atoms with Crippen LogP contribution in [-0.4, -0.2) is 68.0 Å². The molecule has 8 heteroatoms. The zero-order valence-corrected chi connectivity index (χ0v) is 6.96. The molecule has 0 saturated carbocycles. The molecule has 2 amide bonds. The summed E-state index contributed by atoms with van der Waals surface area (Å²) in [4.78, 5) is 21.5. The molecule has 1 fully saturated rings. The minimum atomic E-state index is -1.77. The summed E-state index contributed by atoms with van der Waals surface area (Å²) < 4.78 is 0. The lowest BCUT2D eigenvalue weighted by molar-refractivity contribution is -0.274. The summed E-state index contributed by atoms with van der Waals surface area (Å²) in [6.45, 7) is 0. The van der Waals surface area contributed by atoms with Gasteiger partial charge in [-0.1, -0.05) is 0 Å². The van der Waals surface area contributed by atoms with Gasteiger partial charge in [-0.15, -0.1) is 0 Å². The Morgan fingerprint density at radius 2 is 0.929 bits per heavy atom. The third-order valence-electron chi connectivity index (χ3n) is 2.00. The summed E-state index contributed by atoms with van der Waals surface area (Å²) in [7, 11) is 0. The number of aliphatic hydroxyl groups excluding tert-OH is 4. The van der Waals surface area contributed by atoms with Gasteiger partial charge in [0.1, 0.15) is 0 Å². The van der Waals surface area contributed by atoms with Gasteiger partial charge >= 0.3 is 0 Å². The average Bonchev–Trinajstić information content (AvgIpc) is 2.17. The van der Waals surface area contributed by atoms with Crippen LogP contribution in [0.2, 0.25) is 0 Å². The first-order chi connectivity index (χ1) is 6.54. The van der Waals surface area contributed by atoms with Gasteiger partial charge in [-0.05, 0) is 0 Å².